The molecule has 6 aromatic heterocycles. The van der Waals surface area contributed by atoms with Crippen LogP contribution in [-0.4, -0.2) is 46.8 Å². The van der Waals surface area contributed by atoms with Gasteiger partial charge >= 0.3 is 0 Å². The number of rotatable bonds is 6. The minimum atomic E-state index is -0.0849. The quantitative estimate of drug-likeness (QED) is 0.261. The van der Waals surface area contributed by atoms with Crippen molar-refractivity contribution in [1.29, 1.82) is 0 Å². The maximum absolute atomic E-state index is 11.8. The average Bonchev–Trinajstić information content (AvgIpc) is 3.66. The summed E-state index contributed by atoms with van der Waals surface area (Å²) < 4.78 is 0. The molecule has 10 nitrogen and oxygen atoms in total. The molecule has 0 spiro atoms. The van der Waals surface area contributed by atoms with E-state index in [-0.39, 0.29) is 11.7 Å². The van der Waals surface area contributed by atoms with Crippen LogP contribution in [0.5, 0.6) is 0 Å². The molecule has 6 rings (SSSR count). The molecule has 0 atom stereocenters. The Bertz CT molecular complexity index is 1820. The molecule has 0 fully saturated rings. The topological polar surface area (TPSA) is 142 Å². The smallest absolute Gasteiger partial charge is 0.224 e. The van der Waals surface area contributed by atoms with Crippen molar-refractivity contribution in [2.75, 3.05) is 5.32 Å². The molecule has 0 saturated heterocycles. The molecular weight excluding hydrogens is 488 g/mol. The van der Waals surface area contributed by atoms with E-state index in [1.165, 1.54) is 11.3 Å². The molecule has 1 amide bonds. The first-order valence-electron chi connectivity index (χ1n) is 11.6. The number of ketones is 1. The van der Waals surface area contributed by atoms with Gasteiger partial charge in [-0.15, -0.1) is 11.3 Å². The van der Waals surface area contributed by atoms with Crippen LogP contribution in [0.15, 0.2) is 55.0 Å². The molecule has 0 saturated carbocycles. The Morgan fingerprint density at radius 1 is 1.00 bits per heavy atom. The molecule has 11 heteroatoms. The van der Waals surface area contributed by atoms with Crippen LogP contribution in [0, 0.1) is 0 Å². The Hall–Kier alpha value is -4.77. The summed E-state index contributed by atoms with van der Waals surface area (Å²) in [7, 11) is 0. The van der Waals surface area contributed by atoms with Crippen LogP contribution >= 0.6 is 11.3 Å². The van der Waals surface area contributed by atoms with Crippen LogP contribution in [0.1, 0.15) is 29.9 Å². The van der Waals surface area contributed by atoms with Crippen LogP contribution in [0.4, 0.5) is 5.69 Å². The first kappa shape index (κ1) is 22.7. The molecular formula is C26H20N8O2S. The molecule has 0 aromatic carbocycles. The number of nitrogens with zero attached hydrogens (tertiary/aromatic N) is 5. The predicted molar refractivity (Wildman–Crippen MR) is 142 cm³/mol. The van der Waals surface area contributed by atoms with Gasteiger partial charge in [0, 0.05) is 24.4 Å². The van der Waals surface area contributed by atoms with Gasteiger partial charge in [0.25, 0.3) is 0 Å². The maximum Gasteiger partial charge on any atom is 0.224 e. The third-order valence-electron chi connectivity index (χ3n) is 5.86. The lowest BCUT2D eigenvalue weighted by molar-refractivity contribution is -0.115. The van der Waals surface area contributed by atoms with E-state index in [2.05, 4.69) is 30.5 Å². The molecule has 182 valence electrons. The van der Waals surface area contributed by atoms with Crippen LogP contribution < -0.4 is 5.32 Å². The lowest BCUT2D eigenvalue weighted by atomic mass is 10.1. The standard InChI is InChI=1S/C26H20N8O2S/c1-3-21(36)29-15-10-14(11-27-12-15)16-4-5-18-23(30-16)25(34-33-18)26-31-17-8-9-28-24(22(17)32-26)20-7-6-19(37-20)13(2)35/h4-12H,3H2,1-2H3,(H,29,36)(H,31,32)(H,33,34). The largest absolute Gasteiger partial charge is 0.336 e. The van der Waals surface area contributed by atoms with Gasteiger partial charge in [-0.05, 0) is 43.3 Å². The number of nitrogens with one attached hydrogen (secondary N) is 3. The monoisotopic (exact) mass is 508 g/mol. The SMILES string of the molecule is CCC(=O)Nc1cncc(-c2ccc3[nH]nc(-c4nc5c(-c6ccc(C(C)=O)s6)nccc5[nH]4)c3n2)c1. The molecule has 6 aromatic rings. The van der Waals surface area contributed by atoms with Crippen LogP contribution in [0.25, 0.3) is 55.4 Å². The highest BCUT2D eigenvalue weighted by atomic mass is 32.1. The van der Waals surface area contributed by atoms with Gasteiger partial charge in [0.15, 0.2) is 17.3 Å². The number of imidazole rings is 1. The number of carbonyl (C=O) groups excluding carboxylic acids is 2. The summed E-state index contributed by atoms with van der Waals surface area (Å²) in [6.07, 6.45) is 5.39. The highest BCUT2D eigenvalue weighted by molar-refractivity contribution is 7.17. The van der Waals surface area contributed by atoms with Crippen molar-refractivity contribution in [1.82, 2.24) is 35.1 Å². The number of fused-ring (bicyclic) bond motifs is 2. The van der Waals surface area contributed by atoms with Crippen molar-refractivity contribution in [2.24, 2.45) is 0 Å². The zero-order valence-electron chi connectivity index (χ0n) is 19.9. The van der Waals surface area contributed by atoms with E-state index in [1.54, 1.807) is 38.5 Å². The van der Waals surface area contributed by atoms with Crippen molar-refractivity contribution in [3.8, 4) is 33.3 Å². The lowest BCUT2D eigenvalue weighted by Gasteiger charge is -2.06. The van der Waals surface area contributed by atoms with Crippen LogP contribution in [0.2, 0.25) is 0 Å². The van der Waals surface area contributed by atoms with E-state index >= 15 is 0 Å². The van der Waals surface area contributed by atoms with Gasteiger partial charge in [-0.2, -0.15) is 5.10 Å². The zero-order chi connectivity index (χ0) is 25.5. The number of hydrogen-bond donors (Lipinski definition) is 3. The fourth-order valence-electron chi connectivity index (χ4n) is 4.00. The Labute approximate surface area is 214 Å². The van der Waals surface area contributed by atoms with Crippen molar-refractivity contribution >= 4 is 50.8 Å². The molecule has 0 bridgehead atoms. The summed E-state index contributed by atoms with van der Waals surface area (Å²) in [6.45, 7) is 3.34. The molecule has 6 heterocycles. The van der Waals surface area contributed by atoms with E-state index < -0.39 is 0 Å². The normalized spacial score (nSPS) is 11.3. The minimum absolute atomic E-state index is 0.0180. The summed E-state index contributed by atoms with van der Waals surface area (Å²) in [4.78, 5) is 46.9. The molecule has 0 aliphatic carbocycles. The third kappa shape index (κ3) is 4.15. The second kappa shape index (κ2) is 9.03. The summed E-state index contributed by atoms with van der Waals surface area (Å²) in [5.41, 5.74) is 6.20. The number of carbonyl (C=O) groups is 2. The first-order valence-corrected chi connectivity index (χ1v) is 12.4. The molecule has 37 heavy (non-hydrogen) atoms. The number of hydrogen-bond acceptors (Lipinski definition) is 8. The van der Waals surface area contributed by atoms with Crippen molar-refractivity contribution < 1.29 is 9.59 Å². The fourth-order valence-corrected chi connectivity index (χ4v) is 4.90. The number of H-pyrrole nitrogens is 2. The number of aromatic amines is 2. The van der Waals surface area contributed by atoms with Gasteiger partial charge in [0.2, 0.25) is 5.91 Å². The molecule has 3 N–H and O–H groups in total. The number of Topliss-reactive ketones (excluding diaryl/α,β-unsaturated/α-hetero) is 1. The highest BCUT2D eigenvalue weighted by Crippen LogP contribution is 2.34. The Morgan fingerprint density at radius 2 is 1.86 bits per heavy atom. The van der Waals surface area contributed by atoms with E-state index in [1.807, 2.05) is 30.3 Å². The Balaban J connectivity index is 1.42. The van der Waals surface area contributed by atoms with E-state index in [0.717, 1.165) is 21.5 Å². The first-order chi connectivity index (χ1) is 18.0. The fraction of sp³-hybridized carbons (Fsp3) is 0.115. The van der Waals surface area contributed by atoms with Crippen LogP contribution in [-0.2, 0) is 4.79 Å². The third-order valence-corrected chi connectivity index (χ3v) is 7.05. The van der Waals surface area contributed by atoms with Gasteiger partial charge in [-0.1, -0.05) is 6.92 Å². The Morgan fingerprint density at radius 3 is 2.68 bits per heavy atom. The summed E-state index contributed by atoms with van der Waals surface area (Å²) in [5, 5.41) is 10.3. The summed E-state index contributed by atoms with van der Waals surface area (Å²) in [6, 6.07) is 11.2. The zero-order valence-corrected chi connectivity index (χ0v) is 20.7. The van der Waals surface area contributed by atoms with E-state index in [9.17, 15) is 9.59 Å². The van der Waals surface area contributed by atoms with Gasteiger partial charge in [0.1, 0.15) is 16.7 Å². The van der Waals surface area contributed by atoms with Crippen molar-refractivity contribution in [3.05, 3.63) is 59.9 Å². The number of anilines is 1. The number of pyridine rings is 3. The maximum atomic E-state index is 11.8. The molecule has 0 aliphatic rings. The summed E-state index contributed by atoms with van der Waals surface area (Å²) in [5.74, 6) is 0.480. The van der Waals surface area contributed by atoms with Crippen molar-refractivity contribution in [2.45, 2.75) is 20.3 Å². The Kier molecular flexibility index (Phi) is 5.53. The molecule has 0 unspecified atom stereocenters. The van der Waals surface area contributed by atoms with Gasteiger partial charge < -0.3 is 10.3 Å². The van der Waals surface area contributed by atoms with Crippen molar-refractivity contribution in [3.63, 3.8) is 0 Å². The number of amides is 1. The van der Waals surface area contributed by atoms with Gasteiger partial charge in [-0.3, -0.25) is 24.7 Å². The van der Waals surface area contributed by atoms with Crippen LogP contribution in [0.3, 0.4) is 0 Å². The number of thiophene rings is 1. The minimum Gasteiger partial charge on any atom is -0.336 e. The lowest BCUT2D eigenvalue weighted by Crippen LogP contribution is -2.09. The van der Waals surface area contributed by atoms with Gasteiger partial charge in [0.05, 0.1) is 38.4 Å². The number of aromatic nitrogens is 7. The van der Waals surface area contributed by atoms with E-state index in [4.69, 9.17) is 9.97 Å². The van der Waals surface area contributed by atoms with E-state index in [0.29, 0.717) is 50.9 Å². The van der Waals surface area contributed by atoms with Gasteiger partial charge in [-0.25, -0.2) is 9.97 Å². The highest BCUT2D eigenvalue weighted by Gasteiger charge is 2.18. The second-order valence-corrected chi connectivity index (χ2v) is 9.47. The molecule has 0 radical (unpaired) electrons. The predicted octanol–water partition coefficient (Wildman–Crippen LogP) is 5.24. The average molecular weight is 509 g/mol. The molecule has 0 aliphatic heterocycles. The second-order valence-electron chi connectivity index (χ2n) is 8.39. The summed E-state index contributed by atoms with van der Waals surface area (Å²) >= 11 is 1.39.